The number of nitrogens with zero attached hydrogens (tertiary/aromatic N) is 1. The quantitative estimate of drug-likeness (QED) is 0.682. The van der Waals surface area contributed by atoms with Crippen molar-refractivity contribution in [2.75, 3.05) is 7.11 Å². The summed E-state index contributed by atoms with van der Waals surface area (Å²) in [6.45, 7) is 6.03. The molecule has 154 valence electrons. The van der Waals surface area contributed by atoms with Gasteiger partial charge in [-0.15, -0.1) is 0 Å². The second kappa shape index (κ2) is 7.37. The van der Waals surface area contributed by atoms with Gasteiger partial charge in [0.2, 0.25) is 0 Å². The van der Waals surface area contributed by atoms with Gasteiger partial charge in [-0.05, 0) is 49.1 Å². The number of nitriles is 1. The van der Waals surface area contributed by atoms with Gasteiger partial charge in [0.1, 0.15) is 17.3 Å². The average molecular weight is 423 g/mol. The van der Waals surface area contributed by atoms with Crippen LogP contribution in [0.5, 0.6) is 5.75 Å². The van der Waals surface area contributed by atoms with Crippen molar-refractivity contribution in [2.24, 2.45) is 5.41 Å². The van der Waals surface area contributed by atoms with E-state index in [1.54, 1.807) is 25.3 Å². The largest absolute Gasteiger partial charge is 0.496 e. The number of hydrogen-bond acceptors (Lipinski definition) is 5. The van der Waals surface area contributed by atoms with Gasteiger partial charge in [-0.25, -0.2) is 0 Å². The number of furan rings is 1. The van der Waals surface area contributed by atoms with E-state index in [1.807, 2.05) is 19.1 Å². The molecule has 1 aromatic heterocycles. The van der Waals surface area contributed by atoms with Gasteiger partial charge in [0.25, 0.3) is 0 Å². The lowest BCUT2D eigenvalue weighted by molar-refractivity contribution is -0.118. The number of Topliss-reactive ketones (excluding diaryl/α,β-unsaturated/α-hetero) is 1. The Morgan fingerprint density at radius 2 is 2.03 bits per heavy atom. The summed E-state index contributed by atoms with van der Waals surface area (Å²) in [4.78, 5) is 13.1. The molecule has 5 nitrogen and oxygen atoms in total. The molecular weight excluding hydrogens is 400 g/mol. The molecule has 0 radical (unpaired) electrons. The van der Waals surface area contributed by atoms with Crippen LogP contribution in [0.1, 0.15) is 45.3 Å². The van der Waals surface area contributed by atoms with E-state index in [2.05, 4.69) is 25.2 Å². The van der Waals surface area contributed by atoms with E-state index in [0.29, 0.717) is 39.9 Å². The summed E-state index contributed by atoms with van der Waals surface area (Å²) in [5, 5.41) is 13.7. The molecular formula is C24H23ClN2O3. The fourth-order valence-corrected chi connectivity index (χ4v) is 4.57. The third-order valence-corrected chi connectivity index (χ3v) is 5.93. The van der Waals surface area contributed by atoms with E-state index in [1.165, 1.54) is 0 Å². The molecule has 1 N–H and O–H groups in total. The van der Waals surface area contributed by atoms with Crippen LogP contribution in [-0.4, -0.2) is 12.9 Å². The predicted molar refractivity (Wildman–Crippen MR) is 115 cm³/mol. The van der Waals surface area contributed by atoms with Crippen LogP contribution in [0, 0.1) is 16.7 Å². The lowest BCUT2D eigenvalue weighted by atomic mass is 9.70. The maximum Gasteiger partial charge on any atom is 0.162 e. The highest BCUT2D eigenvalue weighted by Crippen LogP contribution is 2.47. The highest BCUT2D eigenvalue weighted by Gasteiger charge is 2.42. The molecule has 2 aliphatic rings. The number of methoxy groups -OCH3 is 1. The Labute approximate surface area is 181 Å². The van der Waals surface area contributed by atoms with Crippen LogP contribution in [0.2, 0.25) is 5.02 Å². The second-order valence-corrected chi connectivity index (χ2v) is 9.02. The Hall–Kier alpha value is -2.97. The van der Waals surface area contributed by atoms with Crippen molar-refractivity contribution in [1.82, 2.24) is 5.32 Å². The summed E-state index contributed by atoms with van der Waals surface area (Å²) in [5.41, 5.74) is 3.37. The fraction of sp³-hybridized carbons (Fsp3) is 0.333. The predicted octanol–water partition coefficient (Wildman–Crippen LogP) is 5.74. The van der Waals surface area contributed by atoms with E-state index in [4.69, 9.17) is 20.8 Å². The maximum absolute atomic E-state index is 13.1. The highest BCUT2D eigenvalue weighted by molar-refractivity contribution is 6.30. The van der Waals surface area contributed by atoms with Crippen molar-refractivity contribution in [3.05, 3.63) is 63.7 Å². The van der Waals surface area contributed by atoms with Crippen molar-refractivity contribution >= 4 is 17.4 Å². The monoisotopic (exact) mass is 422 g/mol. The van der Waals surface area contributed by atoms with Gasteiger partial charge < -0.3 is 14.5 Å². The van der Waals surface area contributed by atoms with Gasteiger partial charge in [-0.1, -0.05) is 25.4 Å². The van der Waals surface area contributed by atoms with Crippen molar-refractivity contribution in [3.63, 3.8) is 0 Å². The average Bonchev–Trinajstić information content (AvgIpc) is 3.15. The Kier molecular flexibility index (Phi) is 4.99. The van der Waals surface area contributed by atoms with Crippen molar-refractivity contribution in [1.29, 1.82) is 5.26 Å². The molecule has 0 fully saturated rings. The number of ether oxygens (including phenoxy) is 1. The summed E-state index contributed by atoms with van der Waals surface area (Å²) >= 11 is 6.17. The zero-order chi connectivity index (χ0) is 21.6. The van der Waals surface area contributed by atoms with Crippen LogP contribution in [0.15, 0.2) is 57.3 Å². The minimum atomic E-state index is -0.520. The molecule has 0 saturated heterocycles. The molecule has 1 atom stereocenters. The van der Waals surface area contributed by atoms with Crippen LogP contribution >= 0.6 is 11.6 Å². The number of allylic oxidation sites excluding steroid dienone is 4. The van der Waals surface area contributed by atoms with E-state index < -0.39 is 5.92 Å². The van der Waals surface area contributed by atoms with Gasteiger partial charge >= 0.3 is 0 Å². The van der Waals surface area contributed by atoms with Gasteiger partial charge in [0.15, 0.2) is 5.78 Å². The van der Waals surface area contributed by atoms with Crippen LogP contribution in [0.25, 0.3) is 11.3 Å². The van der Waals surface area contributed by atoms with E-state index in [0.717, 1.165) is 23.4 Å². The van der Waals surface area contributed by atoms with E-state index in [9.17, 15) is 10.1 Å². The topological polar surface area (TPSA) is 75.3 Å². The first-order chi connectivity index (χ1) is 14.2. The van der Waals surface area contributed by atoms with Crippen molar-refractivity contribution in [3.8, 4) is 23.1 Å². The molecule has 2 heterocycles. The first-order valence-corrected chi connectivity index (χ1v) is 10.2. The summed E-state index contributed by atoms with van der Waals surface area (Å²) in [7, 11) is 1.59. The zero-order valence-corrected chi connectivity index (χ0v) is 18.2. The Balaban J connectivity index is 1.84. The standard InChI is InChI=1S/C24H23ClN2O3/c1-13-16(12-26)22(23-17(27-13)10-24(2,3)11-18(23)28)21-8-7-20(30-21)15-9-14(25)5-6-19(15)29-4/h5-9,22,27H,10-11H2,1-4H3/t22-/m1/s1. The Bertz CT molecular complexity index is 1150. The molecule has 4 rings (SSSR count). The number of dihydropyridines is 1. The molecule has 1 aromatic carbocycles. The molecule has 1 aliphatic heterocycles. The number of rotatable bonds is 3. The van der Waals surface area contributed by atoms with Crippen molar-refractivity contribution in [2.45, 2.75) is 39.5 Å². The summed E-state index contributed by atoms with van der Waals surface area (Å²) in [6, 6.07) is 11.2. The number of hydrogen-bond donors (Lipinski definition) is 1. The number of nitrogens with one attached hydrogen (secondary N) is 1. The molecule has 1 aliphatic carbocycles. The highest BCUT2D eigenvalue weighted by atomic mass is 35.5. The second-order valence-electron chi connectivity index (χ2n) is 8.59. The molecule has 2 aromatic rings. The normalized spacial score (nSPS) is 20.5. The molecule has 0 amide bonds. The number of halogens is 1. The maximum atomic E-state index is 13.1. The molecule has 0 spiro atoms. The smallest absolute Gasteiger partial charge is 0.162 e. The molecule has 0 bridgehead atoms. The van der Waals surface area contributed by atoms with E-state index in [-0.39, 0.29) is 11.2 Å². The molecule has 0 unspecified atom stereocenters. The van der Waals surface area contributed by atoms with Crippen LogP contribution in [-0.2, 0) is 4.79 Å². The first-order valence-electron chi connectivity index (χ1n) is 9.82. The van der Waals surface area contributed by atoms with Gasteiger partial charge in [0, 0.05) is 28.4 Å². The van der Waals surface area contributed by atoms with Gasteiger partial charge in [0.05, 0.1) is 30.2 Å². The SMILES string of the molecule is COc1ccc(Cl)cc1-c1ccc([C@H]2C(C#N)=C(C)NC3=C2C(=O)CC(C)(C)C3)o1. The zero-order valence-electron chi connectivity index (χ0n) is 17.4. The van der Waals surface area contributed by atoms with Gasteiger partial charge in [-0.2, -0.15) is 5.26 Å². The number of carbonyl (C=O) groups is 1. The fourth-order valence-electron chi connectivity index (χ4n) is 4.39. The lowest BCUT2D eigenvalue weighted by Crippen LogP contribution is -2.36. The van der Waals surface area contributed by atoms with Crippen LogP contribution in [0.4, 0.5) is 0 Å². The lowest BCUT2D eigenvalue weighted by Gasteiger charge is -2.38. The van der Waals surface area contributed by atoms with Gasteiger partial charge in [-0.3, -0.25) is 4.79 Å². The molecule has 6 heteroatoms. The molecule has 0 saturated carbocycles. The minimum absolute atomic E-state index is 0.0530. The van der Waals surface area contributed by atoms with Crippen LogP contribution in [0.3, 0.4) is 0 Å². The summed E-state index contributed by atoms with van der Waals surface area (Å²) in [6.07, 6.45) is 1.19. The first kappa shape index (κ1) is 20.3. The minimum Gasteiger partial charge on any atom is -0.496 e. The van der Waals surface area contributed by atoms with Crippen LogP contribution < -0.4 is 10.1 Å². The number of carbonyl (C=O) groups excluding carboxylic acids is 1. The Morgan fingerprint density at radius 3 is 2.73 bits per heavy atom. The summed E-state index contributed by atoms with van der Waals surface area (Å²) in [5.74, 6) is 1.30. The van der Waals surface area contributed by atoms with Crippen molar-refractivity contribution < 1.29 is 13.9 Å². The number of benzene rings is 1. The summed E-state index contributed by atoms with van der Waals surface area (Å²) < 4.78 is 11.6. The third kappa shape index (κ3) is 3.42. The number of ketones is 1. The Morgan fingerprint density at radius 1 is 1.27 bits per heavy atom. The molecule has 30 heavy (non-hydrogen) atoms. The third-order valence-electron chi connectivity index (χ3n) is 5.70. The van der Waals surface area contributed by atoms with E-state index >= 15 is 0 Å².